The predicted molar refractivity (Wildman–Crippen MR) is 85.0 cm³/mol. The fourth-order valence-corrected chi connectivity index (χ4v) is 4.77. The number of rotatable bonds is 13. The van der Waals surface area contributed by atoms with Gasteiger partial charge in [-0.25, -0.2) is 4.79 Å². The molecule has 0 heterocycles. The molecule has 0 aromatic carbocycles. The Balaban J connectivity index is 3.47. The average molecular weight is 305 g/mol. The number of hydrogen-bond acceptors (Lipinski definition) is 3. The highest BCUT2D eigenvalue weighted by Gasteiger charge is 2.29. The lowest BCUT2D eigenvalue weighted by atomic mass is 10.1. The molecule has 0 fully saturated rings. The van der Waals surface area contributed by atoms with Crippen LogP contribution in [0.1, 0.15) is 52.4 Å². The summed E-state index contributed by atoms with van der Waals surface area (Å²) in [6.07, 6.45) is 7.01. The average Bonchev–Trinajstić information content (AvgIpc) is 2.37. The first-order chi connectivity index (χ1) is 9.54. The van der Waals surface area contributed by atoms with E-state index in [1.165, 1.54) is 25.7 Å². The van der Waals surface area contributed by atoms with Crippen molar-refractivity contribution in [3.8, 4) is 0 Å². The van der Waals surface area contributed by atoms with E-state index in [2.05, 4.69) is 11.9 Å². The summed E-state index contributed by atoms with van der Waals surface area (Å²) < 4.78 is 11.6. The number of nitrogens with one attached hydrogen (secondary N) is 1. The lowest BCUT2D eigenvalue weighted by molar-refractivity contribution is 0.188. The molecule has 3 N–H and O–H groups in total. The number of primary amides is 1. The van der Waals surface area contributed by atoms with Crippen LogP contribution in [-0.4, -0.2) is 34.4 Å². The van der Waals surface area contributed by atoms with E-state index >= 15 is 0 Å². The maximum Gasteiger partial charge on any atom is 0.334 e. The topological polar surface area (TPSA) is 73.6 Å². The molecular formula is C14H32N2O3Si. The summed E-state index contributed by atoms with van der Waals surface area (Å²) in [6.45, 7) is 8.41. The summed E-state index contributed by atoms with van der Waals surface area (Å²) in [4.78, 5) is 10.5. The van der Waals surface area contributed by atoms with Gasteiger partial charge in [-0.3, -0.25) is 0 Å². The molecular weight excluding hydrogens is 272 g/mol. The van der Waals surface area contributed by atoms with E-state index in [-0.39, 0.29) is 0 Å². The van der Waals surface area contributed by atoms with Crippen molar-refractivity contribution < 1.29 is 13.6 Å². The third-order valence-corrected chi connectivity index (χ3v) is 6.32. The van der Waals surface area contributed by atoms with Gasteiger partial charge >= 0.3 is 14.6 Å². The Morgan fingerprint density at radius 2 is 1.50 bits per heavy atom. The molecule has 0 aliphatic rings. The summed E-state index contributed by atoms with van der Waals surface area (Å²) in [5.74, 6) is 0. The van der Waals surface area contributed by atoms with Crippen molar-refractivity contribution in [3.63, 3.8) is 0 Å². The monoisotopic (exact) mass is 304 g/mol. The molecule has 0 spiro atoms. The standard InChI is InChI=1S/C14H32N2O3Si/c1-4-18-20(3,19-5-2)13-11-9-7-6-8-10-12-16-14(15)17/h4-13H2,1-3H3,(H3,15,16,17). The van der Waals surface area contributed by atoms with Gasteiger partial charge in [0.25, 0.3) is 0 Å². The number of carbonyl (C=O) groups is 1. The van der Waals surface area contributed by atoms with Gasteiger partial charge in [0, 0.05) is 19.8 Å². The SMILES string of the molecule is CCO[Si](C)(CCCCCCCCNC(N)=O)OCC. The number of amides is 2. The molecule has 120 valence electrons. The van der Waals surface area contributed by atoms with Crippen molar-refractivity contribution in [2.75, 3.05) is 19.8 Å². The van der Waals surface area contributed by atoms with Crippen molar-refractivity contribution >= 4 is 14.6 Å². The first kappa shape index (κ1) is 19.4. The molecule has 0 aliphatic carbocycles. The van der Waals surface area contributed by atoms with Crippen LogP contribution < -0.4 is 11.1 Å². The third kappa shape index (κ3) is 11.3. The third-order valence-electron chi connectivity index (χ3n) is 3.26. The van der Waals surface area contributed by atoms with Crippen LogP contribution in [0.5, 0.6) is 0 Å². The Hall–Kier alpha value is -0.593. The zero-order chi connectivity index (χ0) is 15.3. The molecule has 5 nitrogen and oxygen atoms in total. The molecule has 0 atom stereocenters. The number of carbonyl (C=O) groups excluding carboxylic acids is 1. The number of nitrogens with two attached hydrogens (primary N) is 1. The quantitative estimate of drug-likeness (QED) is 0.405. The first-order valence-electron chi connectivity index (χ1n) is 7.85. The van der Waals surface area contributed by atoms with Gasteiger partial charge in [-0.15, -0.1) is 0 Å². The van der Waals surface area contributed by atoms with Crippen LogP contribution in [0.4, 0.5) is 4.79 Å². The molecule has 0 unspecified atom stereocenters. The van der Waals surface area contributed by atoms with Crippen molar-refractivity contribution in [2.24, 2.45) is 5.73 Å². The van der Waals surface area contributed by atoms with Gasteiger partial charge in [0.1, 0.15) is 0 Å². The fraction of sp³-hybridized carbons (Fsp3) is 0.929. The molecule has 20 heavy (non-hydrogen) atoms. The van der Waals surface area contributed by atoms with Gasteiger partial charge in [0.05, 0.1) is 0 Å². The highest BCUT2D eigenvalue weighted by Crippen LogP contribution is 2.18. The van der Waals surface area contributed by atoms with E-state index in [0.29, 0.717) is 6.54 Å². The maximum absolute atomic E-state index is 10.5. The van der Waals surface area contributed by atoms with Crippen LogP contribution >= 0.6 is 0 Å². The Morgan fingerprint density at radius 1 is 1.00 bits per heavy atom. The second-order valence-electron chi connectivity index (χ2n) is 5.16. The number of urea groups is 1. The van der Waals surface area contributed by atoms with Crippen molar-refractivity contribution in [1.82, 2.24) is 5.32 Å². The van der Waals surface area contributed by atoms with Crippen molar-refractivity contribution in [3.05, 3.63) is 0 Å². The lowest BCUT2D eigenvalue weighted by Crippen LogP contribution is -2.38. The summed E-state index contributed by atoms with van der Waals surface area (Å²) in [6, 6.07) is 0.652. The summed E-state index contributed by atoms with van der Waals surface area (Å²) in [5.41, 5.74) is 4.99. The molecule has 0 aliphatic heterocycles. The summed E-state index contributed by atoms with van der Waals surface area (Å²) >= 11 is 0. The summed E-state index contributed by atoms with van der Waals surface area (Å²) in [5, 5.41) is 2.61. The molecule has 0 rings (SSSR count). The van der Waals surface area contributed by atoms with E-state index in [9.17, 15) is 4.79 Å². The fourth-order valence-electron chi connectivity index (χ4n) is 2.29. The van der Waals surface area contributed by atoms with Gasteiger partial charge in [-0.05, 0) is 32.9 Å². The van der Waals surface area contributed by atoms with Crippen LogP contribution in [0.25, 0.3) is 0 Å². The zero-order valence-corrected chi connectivity index (χ0v) is 14.4. The highest BCUT2D eigenvalue weighted by atomic mass is 28.4. The van der Waals surface area contributed by atoms with Crippen LogP contribution in [-0.2, 0) is 8.85 Å². The van der Waals surface area contributed by atoms with Crippen LogP contribution in [0.2, 0.25) is 12.6 Å². The van der Waals surface area contributed by atoms with Gasteiger partial charge in [0.15, 0.2) is 0 Å². The second kappa shape index (κ2) is 12.2. The molecule has 6 heteroatoms. The van der Waals surface area contributed by atoms with Gasteiger partial charge in [-0.2, -0.15) is 0 Å². The molecule has 0 saturated heterocycles. The molecule has 0 saturated carbocycles. The van der Waals surface area contributed by atoms with E-state index in [0.717, 1.165) is 32.1 Å². The van der Waals surface area contributed by atoms with Crippen molar-refractivity contribution in [2.45, 2.75) is 65.0 Å². The lowest BCUT2D eigenvalue weighted by Gasteiger charge is -2.25. The van der Waals surface area contributed by atoms with Gasteiger partial charge < -0.3 is 19.9 Å². The predicted octanol–water partition coefficient (Wildman–Crippen LogP) is 3.14. The zero-order valence-electron chi connectivity index (χ0n) is 13.4. The van der Waals surface area contributed by atoms with Crippen molar-refractivity contribution in [1.29, 1.82) is 0 Å². The van der Waals surface area contributed by atoms with E-state index < -0.39 is 14.6 Å². The van der Waals surface area contributed by atoms with Gasteiger partial charge in [-0.1, -0.05) is 32.1 Å². The first-order valence-corrected chi connectivity index (χ1v) is 10.4. The molecule has 0 bridgehead atoms. The van der Waals surface area contributed by atoms with Crippen LogP contribution in [0, 0.1) is 0 Å². The number of unbranched alkanes of at least 4 members (excludes halogenated alkanes) is 5. The Kier molecular flexibility index (Phi) is 11.8. The molecule has 0 aromatic heterocycles. The molecule has 2 amide bonds. The Labute approximate surface area is 124 Å². The largest absolute Gasteiger partial charge is 0.395 e. The van der Waals surface area contributed by atoms with E-state index in [4.69, 9.17) is 14.6 Å². The van der Waals surface area contributed by atoms with E-state index in [1.807, 2.05) is 13.8 Å². The Bertz CT molecular complexity index is 247. The summed E-state index contributed by atoms with van der Waals surface area (Å²) in [7, 11) is -1.90. The van der Waals surface area contributed by atoms with E-state index in [1.54, 1.807) is 0 Å². The number of hydrogen-bond donors (Lipinski definition) is 2. The van der Waals surface area contributed by atoms with Crippen LogP contribution in [0.15, 0.2) is 0 Å². The molecule has 0 radical (unpaired) electrons. The second-order valence-corrected chi connectivity index (χ2v) is 8.51. The van der Waals surface area contributed by atoms with Gasteiger partial charge in [0.2, 0.25) is 0 Å². The normalized spacial score (nSPS) is 11.6. The smallest absolute Gasteiger partial charge is 0.334 e. The minimum atomic E-state index is -1.90. The maximum atomic E-state index is 10.5. The minimum Gasteiger partial charge on any atom is -0.395 e. The minimum absolute atomic E-state index is 0.430. The van der Waals surface area contributed by atoms with Crippen LogP contribution in [0.3, 0.4) is 0 Å². The molecule has 0 aromatic rings. The highest BCUT2D eigenvalue weighted by molar-refractivity contribution is 6.66. The Morgan fingerprint density at radius 3 is 2.00 bits per heavy atom.